The predicted molar refractivity (Wildman–Crippen MR) is 129 cm³/mol. The summed E-state index contributed by atoms with van der Waals surface area (Å²) >= 11 is 0. The first-order valence-corrected chi connectivity index (χ1v) is 11.9. The zero-order valence-corrected chi connectivity index (χ0v) is 19.3. The molecule has 1 aliphatic rings. The topological polar surface area (TPSA) is 35.9 Å². The molecule has 0 saturated carbocycles. The molecule has 0 aliphatic carbocycles. The van der Waals surface area contributed by atoms with E-state index in [2.05, 4.69) is 9.80 Å². The van der Waals surface area contributed by atoms with Crippen molar-refractivity contribution in [1.29, 1.82) is 0 Å². The minimum absolute atomic E-state index is 0.296. The Bertz CT molecular complexity index is 946. The number of rotatable bonds is 10. The normalized spacial score (nSPS) is 16.1. The Kier molecular flexibility index (Phi) is 8.77. The van der Waals surface area contributed by atoms with Gasteiger partial charge in [0.15, 0.2) is 0 Å². The SMILES string of the molecule is O[C@H](CCN1CCN(CCOC(c2ccc(F)cc2)c2ccc(F)cc2)CC1)c1ccccc1. The van der Waals surface area contributed by atoms with Gasteiger partial charge < -0.3 is 14.7 Å². The molecule has 4 rings (SSSR count). The molecule has 0 unspecified atom stereocenters. The van der Waals surface area contributed by atoms with Crippen molar-refractivity contribution >= 4 is 0 Å². The Morgan fingerprint density at radius 3 is 1.71 bits per heavy atom. The van der Waals surface area contributed by atoms with Crippen molar-refractivity contribution in [2.75, 3.05) is 45.9 Å². The van der Waals surface area contributed by atoms with E-state index in [9.17, 15) is 13.9 Å². The smallest absolute Gasteiger partial charge is 0.123 e. The van der Waals surface area contributed by atoms with E-state index in [0.717, 1.165) is 62.4 Å². The highest BCUT2D eigenvalue weighted by atomic mass is 19.1. The third kappa shape index (κ3) is 6.93. The van der Waals surface area contributed by atoms with Gasteiger partial charge in [0.1, 0.15) is 17.7 Å². The molecule has 0 radical (unpaired) electrons. The van der Waals surface area contributed by atoms with Gasteiger partial charge >= 0.3 is 0 Å². The van der Waals surface area contributed by atoms with E-state index in [4.69, 9.17) is 4.74 Å². The molecule has 0 amide bonds. The van der Waals surface area contributed by atoms with E-state index < -0.39 is 6.10 Å². The second-order valence-electron chi connectivity index (χ2n) is 8.75. The van der Waals surface area contributed by atoms with E-state index in [1.165, 1.54) is 24.3 Å². The molecule has 1 fully saturated rings. The maximum atomic E-state index is 13.4. The minimum Gasteiger partial charge on any atom is -0.388 e. The molecule has 0 spiro atoms. The van der Waals surface area contributed by atoms with Gasteiger partial charge in [0.2, 0.25) is 0 Å². The highest BCUT2D eigenvalue weighted by molar-refractivity contribution is 5.30. The van der Waals surface area contributed by atoms with Gasteiger partial charge in [0, 0.05) is 39.3 Å². The van der Waals surface area contributed by atoms with E-state index >= 15 is 0 Å². The first-order valence-electron chi connectivity index (χ1n) is 11.9. The Hall–Kier alpha value is -2.64. The van der Waals surface area contributed by atoms with Gasteiger partial charge in [-0.15, -0.1) is 0 Å². The fraction of sp³-hybridized carbons (Fsp3) is 0.357. The maximum absolute atomic E-state index is 13.4. The number of halogens is 2. The second-order valence-corrected chi connectivity index (χ2v) is 8.75. The summed E-state index contributed by atoms with van der Waals surface area (Å²) in [6, 6.07) is 22.3. The van der Waals surface area contributed by atoms with Gasteiger partial charge in [-0.2, -0.15) is 0 Å². The van der Waals surface area contributed by atoms with Gasteiger partial charge in [-0.1, -0.05) is 54.6 Å². The number of piperazine rings is 1. The van der Waals surface area contributed by atoms with Crippen LogP contribution in [0.5, 0.6) is 0 Å². The van der Waals surface area contributed by atoms with Gasteiger partial charge in [0.05, 0.1) is 12.7 Å². The maximum Gasteiger partial charge on any atom is 0.123 e. The van der Waals surface area contributed by atoms with Crippen molar-refractivity contribution in [1.82, 2.24) is 9.80 Å². The number of aliphatic hydroxyl groups is 1. The lowest BCUT2D eigenvalue weighted by atomic mass is 10.0. The third-order valence-electron chi connectivity index (χ3n) is 6.41. The molecular weight excluding hydrogens is 434 g/mol. The zero-order chi connectivity index (χ0) is 23.8. The van der Waals surface area contributed by atoms with E-state index in [1.807, 2.05) is 30.3 Å². The van der Waals surface area contributed by atoms with Crippen LogP contribution in [0.15, 0.2) is 78.9 Å². The van der Waals surface area contributed by atoms with Crippen molar-refractivity contribution in [3.8, 4) is 0 Å². The number of ether oxygens (including phenoxy) is 1. The van der Waals surface area contributed by atoms with E-state index in [1.54, 1.807) is 24.3 Å². The van der Waals surface area contributed by atoms with Crippen molar-refractivity contribution in [3.63, 3.8) is 0 Å². The highest BCUT2D eigenvalue weighted by Crippen LogP contribution is 2.26. The largest absolute Gasteiger partial charge is 0.388 e. The molecule has 0 aromatic heterocycles. The van der Waals surface area contributed by atoms with Crippen LogP contribution in [0.4, 0.5) is 8.78 Å². The van der Waals surface area contributed by atoms with Crippen LogP contribution in [0, 0.1) is 11.6 Å². The van der Waals surface area contributed by atoms with Crippen molar-refractivity contribution in [3.05, 3.63) is 107 Å². The van der Waals surface area contributed by atoms with Gasteiger partial charge in [0.25, 0.3) is 0 Å². The molecule has 4 nitrogen and oxygen atoms in total. The van der Waals surface area contributed by atoms with Crippen molar-refractivity contribution in [2.45, 2.75) is 18.6 Å². The molecular formula is C28H32F2N2O2. The summed E-state index contributed by atoms with van der Waals surface area (Å²) < 4.78 is 33.0. The summed E-state index contributed by atoms with van der Waals surface area (Å²) in [6.07, 6.45) is -0.0751. The fourth-order valence-electron chi connectivity index (χ4n) is 4.34. The Labute approximate surface area is 200 Å². The number of hydrogen-bond donors (Lipinski definition) is 1. The standard InChI is InChI=1S/C28H32F2N2O2/c29-25-10-6-23(7-11-25)28(24-8-12-26(30)13-9-24)34-21-20-32-18-16-31(17-19-32)15-14-27(33)22-4-2-1-3-5-22/h1-13,27-28,33H,14-21H2/t27-/m1/s1. The molecule has 0 bridgehead atoms. The van der Waals surface area contributed by atoms with Crippen molar-refractivity contribution < 1.29 is 18.6 Å². The zero-order valence-electron chi connectivity index (χ0n) is 19.3. The molecule has 1 N–H and O–H groups in total. The quantitative estimate of drug-likeness (QED) is 0.465. The molecule has 1 atom stereocenters. The Morgan fingerprint density at radius 1 is 0.676 bits per heavy atom. The Morgan fingerprint density at radius 2 is 1.18 bits per heavy atom. The average molecular weight is 467 g/mol. The summed E-state index contributed by atoms with van der Waals surface area (Å²) in [7, 11) is 0. The molecule has 1 aliphatic heterocycles. The van der Waals surface area contributed by atoms with Gasteiger partial charge in [-0.3, -0.25) is 4.90 Å². The van der Waals surface area contributed by atoms with Crippen molar-refractivity contribution in [2.24, 2.45) is 0 Å². The summed E-state index contributed by atoms with van der Waals surface area (Å²) in [5, 5.41) is 10.4. The summed E-state index contributed by atoms with van der Waals surface area (Å²) in [5.41, 5.74) is 2.65. The fourth-order valence-corrected chi connectivity index (χ4v) is 4.34. The van der Waals surface area contributed by atoms with Crippen LogP contribution in [0.1, 0.15) is 35.3 Å². The predicted octanol–water partition coefficient (Wildman–Crippen LogP) is 4.81. The average Bonchev–Trinajstić information content (AvgIpc) is 2.88. The molecule has 34 heavy (non-hydrogen) atoms. The first kappa shape index (κ1) is 24.5. The summed E-state index contributed by atoms with van der Waals surface area (Å²) in [6.45, 7) is 6.00. The lowest BCUT2D eigenvalue weighted by molar-refractivity contribution is 0.0426. The number of hydrogen-bond acceptors (Lipinski definition) is 4. The number of benzene rings is 3. The molecule has 1 heterocycles. The van der Waals surface area contributed by atoms with Gasteiger partial charge in [-0.25, -0.2) is 8.78 Å². The van der Waals surface area contributed by atoms with Crippen LogP contribution in [0.2, 0.25) is 0 Å². The number of nitrogens with zero attached hydrogens (tertiary/aromatic N) is 2. The molecule has 1 saturated heterocycles. The summed E-state index contributed by atoms with van der Waals surface area (Å²) in [4.78, 5) is 4.76. The monoisotopic (exact) mass is 466 g/mol. The third-order valence-corrected chi connectivity index (χ3v) is 6.41. The first-order chi connectivity index (χ1) is 16.6. The van der Waals surface area contributed by atoms with Crippen LogP contribution >= 0.6 is 0 Å². The Balaban J connectivity index is 1.23. The van der Waals surface area contributed by atoms with Crippen LogP contribution in [0.3, 0.4) is 0 Å². The lowest BCUT2D eigenvalue weighted by Gasteiger charge is -2.35. The second kappa shape index (κ2) is 12.2. The van der Waals surface area contributed by atoms with Crippen LogP contribution in [-0.2, 0) is 4.74 Å². The molecule has 3 aromatic carbocycles. The lowest BCUT2D eigenvalue weighted by Crippen LogP contribution is -2.47. The van der Waals surface area contributed by atoms with Crippen LogP contribution in [0.25, 0.3) is 0 Å². The summed E-state index contributed by atoms with van der Waals surface area (Å²) in [5.74, 6) is -0.591. The molecule has 180 valence electrons. The van der Waals surface area contributed by atoms with Gasteiger partial charge in [-0.05, 0) is 47.4 Å². The van der Waals surface area contributed by atoms with E-state index in [-0.39, 0.29) is 17.7 Å². The molecule has 6 heteroatoms. The number of aliphatic hydroxyl groups excluding tert-OH is 1. The molecule has 3 aromatic rings. The van der Waals surface area contributed by atoms with Crippen LogP contribution < -0.4 is 0 Å². The van der Waals surface area contributed by atoms with Crippen LogP contribution in [-0.4, -0.2) is 60.8 Å². The van der Waals surface area contributed by atoms with E-state index in [0.29, 0.717) is 6.61 Å². The minimum atomic E-state index is -0.428. The highest BCUT2D eigenvalue weighted by Gasteiger charge is 2.20.